The molecule has 0 heterocycles. The van der Waals surface area contributed by atoms with Crippen molar-refractivity contribution in [2.75, 3.05) is 7.11 Å². The largest absolute Gasteiger partial charge is 0.465 e. The Balaban J connectivity index is 2.05. The fraction of sp³-hybridized carbons (Fsp3) is 0.261. The molecule has 0 aliphatic heterocycles. The van der Waals surface area contributed by atoms with Gasteiger partial charge in [-0.1, -0.05) is 36.4 Å². The van der Waals surface area contributed by atoms with Gasteiger partial charge in [-0.15, -0.1) is 0 Å². The summed E-state index contributed by atoms with van der Waals surface area (Å²) < 4.78 is 10.3. The average Bonchev–Trinajstić information content (AvgIpc) is 2.75. The number of ether oxygens (including phenoxy) is 2. The quantitative estimate of drug-likeness (QED) is 0.463. The lowest BCUT2D eigenvalue weighted by Gasteiger charge is -2.14. The Morgan fingerprint density at radius 1 is 1.00 bits per heavy atom. The van der Waals surface area contributed by atoms with Crippen LogP contribution in [0.15, 0.2) is 60.7 Å². The maximum absolute atomic E-state index is 12.5. The van der Waals surface area contributed by atoms with E-state index in [1.807, 2.05) is 42.5 Å². The molecule has 2 aromatic rings. The van der Waals surface area contributed by atoms with Crippen molar-refractivity contribution >= 4 is 18.0 Å². The number of nitriles is 1. The molecule has 0 amide bonds. The van der Waals surface area contributed by atoms with Gasteiger partial charge in [-0.3, -0.25) is 0 Å². The summed E-state index contributed by atoms with van der Waals surface area (Å²) in [5.74, 6) is -0.916. The molecule has 28 heavy (non-hydrogen) atoms. The van der Waals surface area contributed by atoms with Crippen LogP contribution in [0.5, 0.6) is 0 Å². The van der Waals surface area contributed by atoms with Crippen LogP contribution in [0.3, 0.4) is 0 Å². The molecule has 5 nitrogen and oxygen atoms in total. The summed E-state index contributed by atoms with van der Waals surface area (Å²) in [4.78, 5) is 24.0. The number of carbonyl (C=O) groups is 2. The molecule has 0 radical (unpaired) electrons. The predicted octanol–water partition coefficient (Wildman–Crippen LogP) is 4.80. The number of hydrogen-bond acceptors (Lipinski definition) is 5. The van der Waals surface area contributed by atoms with Gasteiger partial charge in [0.25, 0.3) is 0 Å². The van der Waals surface area contributed by atoms with E-state index >= 15 is 0 Å². The highest BCUT2D eigenvalue weighted by Gasteiger charge is 2.15. The molecule has 0 aliphatic rings. The van der Waals surface area contributed by atoms with Crippen LogP contribution in [-0.4, -0.2) is 25.2 Å². The zero-order chi connectivity index (χ0) is 20.2. The van der Waals surface area contributed by atoms with Gasteiger partial charge in [0.15, 0.2) is 0 Å². The van der Waals surface area contributed by atoms with E-state index in [1.165, 1.54) is 19.2 Å². The number of nitrogens with zero attached hydrogens (tertiary/aromatic N) is 1. The Morgan fingerprint density at radius 3 is 2.25 bits per heavy atom. The van der Waals surface area contributed by atoms with E-state index in [1.54, 1.807) is 12.1 Å². The molecule has 0 spiro atoms. The van der Waals surface area contributed by atoms with E-state index in [9.17, 15) is 9.59 Å². The second-order valence-corrected chi connectivity index (χ2v) is 6.19. The van der Waals surface area contributed by atoms with Gasteiger partial charge in [0, 0.05) is 6.42 Å². The standard InChI is InChI=1S/C23H23NO4/c1-27-22(25)19-12-14-20(15-13-19)23(26)28-21(10-6-3-7-17-24)16-11-18-8-4-2-5-9-18/h2,4-5,8-9,11-16,21H,3,6-7,10H2,1H3/b16-11+/t21-/m1/s1. The molecule has 0 saturated heterocycles. The van der Waals surface area contributed by atoms with Crippen LogP contribution < -0.4 is 0 Å². The smallest absolute Gasteiger partial charge is 0.338 e. The third kappa shape index (κ3) is 6.73. The number of carbonyl (C=O) groups excluding carboxylic acids is 2. The van der Waals surface area contributed by atoms with Crippen LogP contribution in [-0.2, 0) is 9.47 Å². The lowest BCUT2D eigenvalue weighted by Crippen LogP contribution is -2.16. The minimum absolute atomic E-state index is 0.364. The SMILES string of the molecule is COC(=O)c1ccc(C(=O)O[C@@H](/C=C/c2ccccc2)CCCCC#N)cc1. The minimum atomic E-state index is -0.459. The zero-order valence-corrected chi connectivity index (χ0v) is 15.8. The molecule has 1 atom stereocenters. The van der Waals surface area contributed by atoms with Gasteiger partial charge < -0.3 is 9.47 Å². The van der Waals surface area contributed by atoms with Gasteiger partial charge in [-0.05, 0) is 55.2 Å². The minimum Gasteiger partial charge on any atom is -0.465 e. The Morgan fingerprint density at radius 2 is 1.64 bits per heavy atom. The van der Waals surface area contributed by atoms with E-state index < -0.39 is 18.0 Å². The summed E-state index contributed by atoms with van der Waals surface area (Å²) in [7, 11) is 1.31. The lowest BCUT2D eigenvalue weighted by molar-refractivity contribution is 0.0377. The first kappa shape index (κ1) is 20.9. The first-order chi connectivity index (χ1) is 13.6. The molecule has 2 rings (SSSR count). The third-order valence-corrected chi connectivity index (χ3v) is 4.13. The van der Waals surface area contributed by atoms with Crippen LogP contribution in [0.25, 0.3) is 6.08 Å². The predicted molar refractivity (Wildman–Crippen MR) is 107 cm³/mol. The third-order valence-electron chi connectivity index (χ3n) is 4.13. The highest BCUT2D eigenvalue weighted by atomic mass is 16.5. The first-order valence-electron chi connectivity index (χ1n) is 9.13. The fourth-order valence-electron chi connectivity index (χ4n) is 2.59. The summed E-state index contributed by atoms with van der Waals surface area (Å²) in [6.07, 6.45) is 6.05. The summed E-state index contributed by atoms with van der Waals surface area (Å²) in [5, 5.41) is 8.67. The van der Waals surface area contributed by atoms with Gasteiger partial charge in [0.2, 0.25) is 0 Å². The summed E-state index contributed by atoms with van der Waals surface area (Å²) >= 11 is 0. The number of benzene rings is 2. The number of hydrogen-bond donors (Lipinski definition) is 0. The van der Waals surface area contributed by atoms with Gasteiger partial charge >= 0.3 is 11.9 Å². The summed E-state index contributed by atoms with van der Waals surface area (Å²) in [5.41, 5.74) is 1.75. The second-order valence-electron chi connectivity index (χ2n) is 6.19. The van der Waals surface area contributed by atoms with E-state index in [0.29, 0.717) is 24.0 Å². The van der Waals surface area contributed by atoms with Crippen LogP contribution >= 0.6 is 0 Å². The number of esters is 2. The molecular formula is C23H23NO4. The maximum Gasteiger partial charge on any atom is 0.338 e. The van der Waals surface area contributed by atoms with Gasteiger partial charge in [-0.25, -0.2) is 9.59 Å². The van der Waals surface area contributed by atoms with Crippen molar-refractivity contribution in [2.24, 2.45) is 0 Å². The second kappa shape index (κ2) is 11.3. The van der Waals surface area contributed by atoms with Crippen LogP contribution in [0.1, 0.15) is 52.0 Å². The van der Waals surface area contributed by atoms with E-state index in [2.05, 4.69) is 10.8 Å². The highest BCUT2D eigenvalue weighted by molar-refractivity contribution is 5.93. The monoisotopic (exact) mass is 377 g/mol. The van der Waals surface area contributed by atoms with Crippen molar-refractivity contribution in [3.05, 3.63) is 77.4 Å². The van der Waals surface area contributed by atoms with Crippen molar-refractivity contribution in [2.45, 2.75) is 31.8 Å². The molecule has 0 unspecified atom stereocenters. The van der Waals surface area contributed by atoms with Crippen molar-refractivity contribution in [3.8, 4) is 6.07 Å². The summed E-state index contributed by atoms with van der Waals surface area (Å²) in [6, 6.07) is 18.0. The van der Waals surface area contributed by atoms with E-state index in [0.717, 1.165) is 18.4 Å². The van der Waals surface area contributed by atoms with Gasteiger partial charge in [0.05, 0.1) is 24.3 Å². The fourth-order valence-corrected chi connectivity index (χ4v) is 2.59. The molecule has 0 saturated carbocycles. The Bertz CT molecular complexity index is 835. The van der Waals surface area contributed by atoms with Gasteiger partial charge in [0.1, 0.15) is 6.10 Å². The highest BCUT2D eigenvalue weighted by Crippen LogP contribution is 2.14. The first-order valence-corrected chi connectivity index (χ1v) is 9.13. The molecule has 0 aromatic heterocycles. The molecule has 2 aromatic carbocycles. The van der Waals surface area contributed by atoms with Crippen LogP contribution in [0.2, 0.25) is 0 Å². The lowest BCUT2D eigenvalue weighted by atomic mass is 10.1. The number of unbranched alkanes of at least 4 members (excludes halogenated alkanes) is 2. The van der Waals surface area contributed by atoms with Crippen LogP contribution in [0, 0.1) is 11.3 Å². The number of methoxy groups -OCH3 is 1. The van der Waals surface area contributed by atoms with E-state index in [-0.39, 0.29) is 0 Å². The molecular weight excluding hydrogens is 354 g/mol. The Kier molecular flexibility index (Phi) is 8.48. The van der Waals surface area contributed by atoms with Gasteiger partial charge in [-0.2, -0.15) is 5.26 Å². The molecule has 0 N–H and O–H groups in total. The molecule has 0 fully saturated rings. The molecule has 5 heteroatoms. The molecule has 0 aliphatic carbocycles. The van der Waals surface area contributed by atoms with Crippen molar-refractivity contribution in [1.29, 1.82) is 5.26 Å². The van der Waals surface area contributed by atoms with Crippen molar-refractivity contribution in [3.63, 3.8) is 0 Å². The maximum atomic E-state index is 12.5. The molecule has 144 valence electrons. The number of rotatable bonds is 9. The summed E-state index contributed by atoms with van der Waals surface area (Å²) in [6.45, 7) is 0. The molecule has 0 bridgehead atoms. The zero-order valence-electron chi connectivity index (χ0n) is 15.8. The Labute approximate surface area is 165 Å². The van der Waals surface area contributed by atoms with Crippen molar-refractivity contribution < 1.29 is 19.1 Å². The van der Waals surface area contributed by atoms with E-state index in [4.69, 9.17) is 10.00 Å². The Hall–Kier alpha value is -3.39. The topological polar surface area (TPSA) is 76.4 Å². The average molecular weight is 377 g/mol. The normalized spacial score (nSPS) is 11.6. The van der Waals surface area contributed by atoms with Crippen molar-refractivity contribution in [1.82, 2.24) is 0 Å². The van der Waals surface area contributed by atoms with Crippen LogP contribution in [0.4, 0.5) is 0 Å².